The molecular formula is C10H16O4. The third kappa shape index (κ3) is 5.35. The van der Waals surface area contributed by atoms with Gasteiger partial charge in [-0.3, -0.25) is 0 Å². The van der Waals surface area contributed by atoms with Crippen molar-refractivity contribution in [3.63, 3.8) is 0 Å². The first-order valence-corrected chi connectivity index (χ1v) is 4.44. The lowest BCUT2D eigenvalue weighted by molar-refractivity contribution is -0.144. The van der Waals surface area contributed by atoms with Gasteiger partial charge < -0.3 is 9.47 Å². The van der Waals surface area contributed by atoms with Crippen LogP contribution in [-0.4, -0.2) is 25.2 Å². The van der Waals surface area contributed by atoms with Crippen LogP contribution < -0.4 is 0 Å². The van der Waals surface area contributed by atoms with E-state index in [2.05, 4.69) is 4.74 Å². The fourth-order valence-corrected chi connectivity index (χ4v) is 0.563. The minimum atomic E-state index is -0.570. The summed E-state index contributed by atoms with van der Waals surface area (Å²) in [7, 11) is 1.24. The number of methoxy groups -OCH3 is 1. The maximum Gasteiger partial charge on any atom is 0.331 e. The molecule has 14 heavy (non-hydrogen) atoms. The lowest BCUT2D eigenvalue weighted by atomic mass is 10.1. The molecule has 0 aliphatic rings. The van der Waals surface area contributed by atoms with Crippen molar-refractivity contribution in [2.45, 2.75) is 26.9 Å². The van der Waals surface area contributed by atoms with Crippen LogP contribution in [0.4, 0.5) is 0 Å². The molecule has 0 aliphatic heterocycles. The van der Waals surface area contributed by atoms with E-state index in [9.17, 15) is 9.59 Å². The minimum Gasteiger partial charge on any atom is -0.466 e. The van der Waals surface area contributed by atoms with Crippen molar-refractivity contribution in [2.75, 3.05) is 7.11 Å². The second-order valence-corrected chi connectivity index (χ2v) is 3.24. The molecule has 0 heterocycles. The summed E-state index contributed by atoms with van der Waals surface area (Å²) in [6, 6.07) is 0. The molecule has 0 N–H and O–H groups in total. The molecule has 4 heteroatoms. The van der Waals surface area contributed by atoms with Crippen LogP contribution in [0.3, 0.4) is 0 Å². The Balaban J connectivity index is 3.98. The second kappa shape index (κ2) is 6.18. The Morgan fingerprint density at radius 1 is 1.07 bits per heavy atom. The Bertz CT molecular complexity index is 230. The van der Waals surface area contributed by atoms with Crippen LogP contribution in [0.1, 0.15) is 20.8 Å². The predicted molar refractivity (Wildman–Crippen MR) is 51.5 cm³/mol. The van der Waals surface area contributed by atoms with Gasteiger partial charge in [0.2, 0.25) is 0 Å². The zero-order valence-corrected chi connectivity index (χ0v) is 8.94. The van der Waals surface area contributed by atoms with Crippen LogP contribution >= 0.6 is 0 Å². The molecule has 0 radical (unpaired) electrons. The SMILES string of the molecule is COC(=O)/C=C/C(=O)OC(C)C(C)C. The van der Waals surface area contributed by atoms with Gasteiger partial charge >= 0.3 is 11.9 Å². The summed E-state index contributed by atoms with van der Waals surface area (Å²) in [4.78, 5) is 21.7. The Kier molecular flexibility index (Phi) is 5.60. The Hall–Kier alpha value is -1.32. The van der Waals surface area contributed by atoms with E-state index in [1.165, 1.54) is 7.11 Å². The number of ether oxygens (including phenoxy) is 2. The largest absolute Gasteiger partial charge is 0.466 e. The highest BCUT2D eigenvalue weighted by atomic mass is 16.5. The maximum atomic E-state index is 11.1. The molecule has 0 amide bonds. The third-order valence-electron chi connectivity index (χ3n) is 1.80. The summed E-state index contributed by atoms with van der Waals surface area (Å²) < 4.78 is 9.29. The monoisotopic (exact) mass is 200 g/mol. The van der Waals surface area contributed by atoms with E-state index in [0.717, 1.165) is 12.2 Å². The molecule has 0 aliphatic carbocycles. The average molecular weight is 200 g/mol. The van der Waals surface area contributed by atoms with Gasteiger partial charge in [0.15, 0.2) is 0 Å². The number of hydrogen-bond acceptors (Lipinski definition) is 4. The number of esters is 2. The normalized spacial score (nSPS) is 12.9. The Morgan fingerprint density at radius 3 is 2.00 bits per heavy atom. The lowest BCUT2D eigenvalue weighted by Gasteiger charge is -2.14. The van der Waals surface area contributed by atoms with E-state index < -0.39 is 11.9 Å². The van der Waals surface area contributed by atoms with Crippen molar-refractivity contribution < 1.29 is 19.1 Å². The van der Waals surface area contributed by atoms with Gasteiger partial charge in [0.05, 0.1) is 7.11 Å². The summed E-state index contributed by atoms with van der Waals surface area (Å²) in [6.45, 7) is 5.69. The summed E-state index contributed by atoms with van der Waals surface area (Å²) in [6.07, 6.45) is 1.94. The first kappa shape index (κ1) is 12.7. The molecule has 0 spiro atoms. The van der Waals surface area contributed by atoms with Crippen molar-refractivity contribution in [2.24, 2.45) is 5.92 Å². The van der Waals surface area contributed by atoms with Crippen LogP contribution in [0.15, 0.2) is 12.2 Å². The zero-order valence-electron chi connectivity index (χ0n) is 8.94. The quantitative estimate of drug-likeness (QED) is 0.507. The lowest BCUT2D eigenvalue weighted by Crippen LogP contribution is -2.18. The molecule has 0 aromatic carbocycles. The van der Waals surface area contributed by atoms with Crippen molar-refractivity contribution in [3.8, 4) is 0 Å². The number of carbonyl (C=O) groups is 2. The van der Waals surface area contributed by atoms with E-state index in [1.54, 1.807) is 6.92 Å². The van der Waals surface area contributed by atoms with Gasteiger partial charge in [0, 0.05) is 12.2 Å². The highest BCUT2D eigenvalue weighted by Crippen LogP contribution is 2.05. The summed E-state index contributed by atoms with van der Waals surface area (Å²) >= 11 is 0. The van der Waals surface area contributed by atoms with Gasteiger partial charge in [-0.05, 0) is 12.8 Å². The summed E-state index contributed by atoms with van der Waals surface area (Å²) in [5, 5.41) is 0. The summed E-state index contributed by atoms with van der Waals surface area (Å²) in [5.41, 5.74) is 0. The smallest absolute Gasteiger partial charge is 0.331 e. The predicted octanol–water partition coefficient (Wildman–Crippen LogP) is 1.30. The molecule has 0 fully saturated rings. The fourth-order valence-electron chi connectivity index (χ4n) is 0.563. The zero-order chi connectivity index (χ0) is 11.1. The van der Waals surface area contributed by atoms with E-state index in [-0.39, 0.29) is 12.0 Å². The molecule has 0 saturated heterocycles. The van der Waals surface area contributed by atoms with E-state index in [4.69, 9.17) is 4.74 Å². The number of carbonyl (C=O) groups excluding carboxylic acids is 2. The van der Waals surface area contributed by atoms with Crippen LogP contribution in [0.25, 0.3) is 0 Å². The molecular weight excluding hydrogens is 184 g/mol. The van der Waals surface area contributed by atoms with E-state index in [0.29, 0.717) is 0 Å². The molecule has 0 aromatic rings. The Labute approximate surface area is 83.9 Å². The molecule has 80 valence electrons. The molecule has 0 saturated carbocycles. The van der Waals surface area contributed by atoms with Crippen molar-refractivity contribution in [3.05, 3.63) is 12.2 Å². The Morgan fingerprint density at radius 2 is 1.57 bits per heavy atom. The van der Waals surface area contributed by atoms with Gasteiger partial charge in [-0.2, -0.15) is 0 Å². The molecule has 1 unspecified atom stereocenters. The van der Waals surface area contributed by atoms with Crippen molar-refractivity contribution in [1.29, 1.82) is 0 Å². The molecule has 1 atom stereocenters. The highest BCUT2D eigenvalue weighted by Gasteiger charge is 2.10. The first-order chi connectivity index (χ1) is 6.47. The second-order valence-electron chi connectivity index (χ2n) is 3.24. The van der Waals surface area contributed by atoms with E-state index in [1.807, 2.05) is 13.8 Å². The highest BCUT2D eigenvalue weighted by molar-refractivity contribution is 5.91. The molecule has 4 nitrogen and oxygen atoms in total. The molecule has 0 rings (SSSR count). The van der Waals surface area contributed by atoms with Gasteiger partial charge in [-0.25, -0.2) is 9.59 Å². The summed E-state index contributed by atoms with van der Waals surface area (Å²) in [5.74, 6) is -0.846. The maximum absolute atomic E-state index is 11.1. The van der Waals surface area contributed by atoms with Crippen LogP contribution in [0, 0.1) is 5.92 Å². The third-order valence-corrected chi connectivity index (χ3v) is 1.80. The van der Waals surface area contributed by atoms with Gasteiger partial charge in [0.25, 0.3) is 0 Å². The molecule has 0 aromatic heterocycles. The first-order valence-electron chi connectivity index (χ1n) is 4.44. The van der Waals surface area contributed by atoms with Crippen LogP contribution in [0.2, 0.25) is 0 Å². The number of rotatable bonds is 4. The van der Waals surface area contributed by atoms with Gasteiger partial charge in [-0.1, -0.05) is 13.8 Å². The topological polar surface area (TPSA) is 52.6 Å². The fraction of sp³-hybridized carbons (Fsp3) is 0.600. The van der Waals surface area contributed by atoms with Gasteiger partial charge in [0.1, 0.15) is 6.10 Å². The molecule has 0 bridgehead atoms. The van der Waals surface area contributed by atoms with E-state index >= 15 is 0 Å². The standard InChI is InChI=1S/C10H16O4/c1-7(2)8(3)14-10(12)6-5-9(11)13-4/h5-8H,1-4H3/b6-5+. The van der Waals surface area contributed by atoms with Gasteiger partial charge in [-0.15, -0.1) is 0 Å². The van der Waals surface area contributed by atoms with Crippen LogP contribution in [-0.2, 0) is 19.1 Å². The van der Waals surface area contributed by atoms with Crippen molar-refractivity contribution in [1.82, 2.24) is 0 Å². The van der Waals surface area contributed by atoms with Crippen LogP contribution in [0.5, 0.6) is 0 Å². The number of hydrogen-bond donors (Lipinski definition) is 0. The minimum absolute atomic E-state index is 0.162. The van der Waals surface area contributed by atoms with Crippen molar-refractivity contribution >= 4 is 11.9 Å². The average Bonchev–Trinajstić information content (AvgIpc) is 2.13.